The molecule has 0 aromatic heterocycles. The zero-order valence-electron chi connectivity index (χ0n) is 6.14. The second kappa shape index (κ2) is 5.38. The number of hydrogen-bond acceptors (Lipinski definition) is 6. The zero-order chi connectivity index (χ0) is 10.5. The van der Waals surface area contributed by atoms with Crippen LogP contribution >= 0.6 is 23.0 Å². The van der Waals surface area contributed by atoms with Gasteiger partial charge in [-0.3, -0.25) is 0 Å². The van der Waals surface area contributed by atoms with Crippen molar-refractivity contribution < 1.29 is 28.3 Å². The van der Waals surface area contributed by atoms with E-state index in [1.807, 2.05) is 0 Å². The first kappa shape index (κ1) is 13.5. The lowest BCUT2D eigenvalue weighted by Gasteiger charge is -1.98. The van der Waals surface area contributed by atoms with Crippen LogP contribution in [-0.2, 0) is 27.1 Å². The van der Waals surface area contributed by atoms with Crippen LogP contribution in [0.25, 0.3) is 0 Å². The molecule has 0 spiro atoms. The number of hydrogen-bond donors (Lipinski definition) is 0. The highest BCUT2D eigenvalue weighted by atomic mass is 127. The molecule has 0 amide bonds. The van der Waals surface area contributed by atoms with Crippen molar-refractivity contribution in [2.24, 2.45) is 0 Å². The Morgan fingerprint density at radius 1 is 1.08 bits per heavy atom. The van der Waals surface area contributed by atoms with Crippen LogP contribution < -0.4 is 0 Å². The van der Waals surface area contributed by atoms with Crippen molar-refractivity contribution >= 4 is 43.2 Å². The van der Waals surface area contributed by atoms with E-state index >= 15 is 0 Å². The Bertz CT molecular complexity index is 299. The lowest BCUT2D eigenvalue weighted by atomic mass is 10.6. The summed E-state index contributed by atoms with van der Waals surface area (Å²) in [7, 11) is -7.95. The monoisotopic (exact) mass is 348 g/mol. The van der Waals surface area contributed by atoms with Gasteiger partial charge < -0.3 is 0 Å². The van der Waals surface area contributed by atoms with Gasteiger partial charge in [-0.05, 0) is 10.9 Å². The van der Waals surface area contributed by atoms with Crippen LogP contribution in [0.2, 0.25) is 0 Å². The molecule has 10 heteroatoms. The second-order valence-electron chi connectivity index (χ2n) is 2.00. The Labute approximate surface area is 89.2 Å². The molecule has 0 aromatic rings. The van der Waals surface area contributed by atoms with Crippen LogP contribution in [0.4, 0.5) is 4.53 Å². The average molecular weight is 348 g/mol. The van der Waals surface area contributed by atoms with Gasteiger partial charge in [0.05, 0.1) is 11.5 Å². The minimum Gasteiger partial charge on any atom is -0.199 e. The Morgan fingerprint density at radius 3 is 1.92 bits per heavy atom. The van der Waals surface area contributed by atoms with E-state index in [1.54, 1.807) is 0 Å². The molecule has 0 saturated heterocycles. The topological polar surface area (TPSA) is 86.7 Å². The maximum Gasteiger partial charge on any atom is 0.297 e. The highest BCUT2D eigenvalue weighted by Gasteiger charge is 2.15. The van der Waals surface area contributed by atoms with Crippen LogP contribution in [0.15, 0.2) is 0 Å². The molecule has 0 atom stereocenters. The van der Waals surface area contributed by atoms with Crippen molar-refractivity contribution in [1.29, 1.82) is 0 Å². The Morgan fingerprint density at radius 2 is 1.54 bits per heavy atom. The van der Waals surface area contributed by atoms with E-state index in [9.17, 15) is 21.4 Å². The van der Waals surface area contributed by atoms with Crippen LogP contribution in [0.1, 0.15) is 6.42 Å². The SMILES string of the molecule is O=S(=O)(CCCS(=O)(=O)OI)OF. The van der Waals surface area contributed by atoms with Gasteiger partial charge in [0.1, 0.15) is 23.0 Å². The summed E-state index contributed by atoms with van der Waals surface area (Å²) in [5, 5.41) is 0. The molecule has 13 heavy (non-hydrogen) atoms. The van der Waals surface area contributed by atoms with Crippen molar-refractivity contribution in [3.05, 3.63) is 0 Å². The molecular weight excluding hydrogens is 342 g/mol. The average Bonchev–Trinajstić information content (AvgIpc) is 2.04. The molecule has 80 valence electrons. The van der Waals surface area contributed by atoms with Gasteiger partial charge in [0.15, 0.2) is 0 Å². The Kier molecular flexibility index (Phi) is 5.58. The summed E-state index contributed by atoms with van der Waals surface area (Å²) in [5.74, 6) is -1.21. The van der Waals surface area contributed by atoms with Gasteiger partial charge >= 0.3 is 0 Å². The molecule has 6 nitrogen and oxygen atoms in total. The van der Waals surface area contributed by atoms with Crippen molar-refractivity contribution in [3.8, 4) is 0 Å². The summed E-state index contributed by atoms with van der Waals surface area (Å²) in [6.45, 7) is 0. The first-order chi connectivity index (χ1) is 5.83. The maximum atomic E-state index is 11.2. The fraction of sp³-hybridized carbons (Fsp3) is 1.00. The molecule has 0 heterocycles. The first-order valence-electron chi connectivity index (χ1n) is 2.89. The molecule has 0 N–H and O–H groups in total. The van der Waals surface area contributed by atoms with Crippen LogP contribution in [0.3, 0.4) is 0 Å². The molecule has 0 aliphatic carbocycles. The third-order valence-electron chi connectivity index (χ3n) is 0.981. The third-order valence-corrected chi connectivity index (χ3v) is 4.59. The van der Waals surface area contributed by atoms with Gasteiger partial charge in [-0.1, -0.05) is 4.39 Å². The molecule has 0 aromatic carbocycles. The summed E-state index contributed by atoms with van der Waals surface area (Å²) in [4.78, 5) is 0. The standard InChI is InChI=1S/C3H6FIO6S2/c4-10-12(6,7)2-1-3-13(8,9)11-5/h1-3H2. The Hall–Kier alpha value is 0.480. The van der Waals surface area contributed by atoms with E-state index in [-0.39, 0.29) is 6.42 Å². The predicted octanol–water partition coefficient (Wildman–Crippen LogP) is 0.304. The maximum absolute atomic E-state index is 11.2. The molecule has 0 aliphatic rings. The summed E-state index contributed by atoms with van der Waals surface area (Å²) >= 11 is 1.16. The van der Waals surface area contributed by atoms with Crippen molar-refractivity contribution in [2.45, 2.75) is 6.42 Å². The van der Waals surface area contributed by atoms with Crippen LogP contribution in [0.5, 0.6) is 0 Å². The van der Waals surface area contributed by atoms with E-state index in [4.69, 9.17) is 0 Å². The summed E-state index contributed by atoms with van der Waals surface area (Å²) in [6, 6.07) is 0. The summed E-state index contributed by atoms with van der Waals surface area (Å²) in [5.41, 5.74) is 0. The van der Waals surface area contributed by atoms with Crippen LogP contribution in [0, 0.1) is 0 Å². The third kappa shape index (κ3) is 6.54. The summed E-state index contributed by atoms with van der Waals surface area (Å²) < 4.78 is 59.7. The van der Waals surface area contributed by atoms with E-state index in [2.05, 4.69) is 6.90 Å². The lowest BCUT2D eigenvalue weighted by Crippen LogP contribution is -2.12. The molecular formula is C3H6FIO6S2. The lowest BCUT2D eigenvalue weighted by molar-refractivity contribution is 0.00297. The highest BCUT2D eigenvalue weighted by Crippen LogP contribution is 2.04. The summed E-state index contributed by atoms with van der Waals surface area (Å²) in [6.07, 6.45) is -0.280. The van der Waals surface area contributed by atoms with E-state index in [0.717, 1.165) is 23.0 Å². The number of rotatable bonds is 6. The van der Waals surface area contributed by atoms with Gasteiger partial charge in [-0.15, -0.1) is 0 Å². The largest absolute Gasteiger partial charge is 0.297 e. The van der Waals surface area contributed by atoms with E-state index in [0.29, 0.717) is 0 Å². The minimum atomic E-state index is -4.24. The molecule has 0 unspecified atom stereocenters. The number of halogens is 2. The fourth-order valence-corrected chi connectivity index (χ4v) is 2.32. The van der Waals surface area contributed by atoms with E-state index < -0.39 is 31.7 Å². The molecule has 0 radical (unpaired) electrons. The Balaban J connectivity index is 3.96. The van der Waals surface area contributed by atoms with Gasteiger partial charge in [0.2, 0.25) is 0 Å². The van der Waals surface area contributed by atoms with Gasteiger partial charge in [-0.25, -0.2) is 0 Å². The normalized spacial score (nSPS) is 13.1. The minimum absolute atomic E-state index is 0.280. The smallest absolute Gasteiger partial charge is 0.199 e. The van der Waals surface area contributed by atoms with Crippen molar-refractivity contribution in [2.75, 3.05) is 11.5 Å². The van der Waals surface area contributed by atoms with Gasteiger partial charge in [0, 0.05) is 0 Å². The second-order valence-corrected chi connectivity index (χ2v) is 6.38. The quantitative estimate of drug-likeness (QED) is 0.642. The van der Waals surface area contributed by atoms with E-state index in [1.165, 1.54) is 0 Å². The predicted molar refractivity (Wildman–Crippen MR) is 49.5 cm³/mol. The van der Waals surface area contributed by atoms with Gasteiger partial charge in [-0.2, -0.15) is 19.3 Å². The molecule has 0 rings (SSSR count). The highest BCUT2D eigenvalue weighted by molar-refractivity contribution is 14.1. The molecule has 0 bridgehead atoms. The zero-order valence-corrected chi connectivity index (χ0v) is 9.93. The first-order valence-corrected chi connectivity index (χ1v) is 6.92. The molecule has 0 saturated carbocycles. The molecule has 0 aliphatic heterocycles. The van der Waals surface area contributed by atoms with Gasteiger partial charge in [0.25, 0.3) is 20.2 Å². The molecule has 0 fully saturated rings. The van der Waals surface area contributed by atoms with Crippen LogP contribution in [-0.4, -0.2) is 28.3 Å². The van der Waals surface area contributed by atoms with Crippen molar-refractivity contribution in [1.82, 2.24) is 0 Å². The fourth-order valence-electron chi connectivity index (χ4n) is 0.475. The van der Waals surface area contributed by atoms with Crippen molar-refractivity contribution in [3.63, 3.8) is 0 Å².